The van der Waals surface area contributed by atoms with E-state index in [-0.39, 0.29) is 11.5 Å². The van der Waals surface area contributed by atoms with E-state index in [1.165, 1.54) is 24.4 Å². The summed E-state index contributed by atoms with van der Waals surface area (Å²) < 4.78 is 4.81. The molecule has 2 aromatic rings. The number of carbonyl (C=O) groups is 3. The summed E-state index contributed by atoms with van der Waals surface area (Å²) in [5, 5.41) is 5.17. The number of aromatic amines is 1. The predicted octanol–water partition coefficient (Wildman–Crippen LogP) is 0.920. The molecule has 0 saturated heterocycles. The van der Waals surface area contributed by atoms with Crippen molar-refractivity contribution >= 4 is 23.5 Å². The number of esters is 1. The molecule has 8 heteroatoms. The smallest absolute Gasteiger partial charge is 0.344 e. The minimum atomic E-state index is -0.895. The Morgan fingerprint density at radius 2 is 1.96 bits per heavy atom. The van der Waals surface area contributed by atoms with Gasteiger partial charge < -0.3 is 20.4 Å². The van der Waals surface area contributed by atoms with Crippen LogP contribution in [0.4, 0.5) is 5.69 Å². The molecule has 0 fully saturated rings. The van der Waals surface area contributed by atoms with Crippen LogP contribution < -0.4 is 16.2 Å². The summed E-state index contributed by atoms with van der Waals surface area (Å²) >= 11 is 0. The lowest BCUT2D eigenvalue weighted by Crippen LogP contribution is -2.25. The fourth-order valence-corrected chi connectivity index (χ4v) is 1.99. The van der Waals surface area contributed by atoms with E-state index in [0.717, 1.165) is 0 Å². The summed E-state index contributed by atoms with van der Waals surface area (Å²) in [6, 6.07) is 9.12. The molecule has 3 N–H and O–H groups in total. The lowest BCUT2D eigenvalue weighted by atomic mass is 10.2. The van der Waals surface area contributed by atoms with E-state index in [2.05, 4.69) is 15.6 Å². The molecule has 25 heavy (non-hydrogen) atoms. The third-order valence-corrected chi connectivity index (χ3v) is 3.12. The molecule has 0 atom stereocenters. The van der Waals surface area contributed by atoms with Crippen LogP contribution in [0.25, 0.3) is 0 Å². The van der Waals surface area contributed by atoms with Gasteiger partial charge in [0, 0.05) is 24.0 Å². The van der Waals surface area contributed by atoms with Crippen molar-refractivity contribution in [2.45, 2.75) is 6.92 Å². The Labute approximate surface area is 143 Å². The van der Waals surface area contributed by atoms with E-state index in [1.807, 2.05) is 0 Å². The molecule has 2 rings (SSSR count). The van der Waals surface area contributed by atoms with Crippen LogP contribution in [0.1, 0.15) is 27.6 Å². The van der Waals surface area contributed by atoms with Gasteiger partial charge in [0.2, 0.25) is 0 Å². The van der Waals surface area contributed by atoms with Crippen molar-refractivity contribution in [1.29, 1.82) is 0 Å². The third kappa shape index (κ3) is 5.03. The lowest BCUT2D eigenvalue weighted by molar-refractivity contribution is -0.119. The van der Waals surface area contributed by atoms with Crippen LogP contribution in [0.3, 0.4) is 0 Å². The highest BCUT2D eigenvalue weighted by atomic mass is 16.5. The number of H-pyrrole nitrogens is 1. The highest BCUT2D eigenvalue weighted by Crippen LogP contribution is 2.10. The summed E-state index contributed by atoms with van der Waals surface area (Å²) in [5.41, 5.74) is 0.00547. The van der Waals surface area contributed by atoms with Crippen LogP contribution in [-0.4, -0.2) is 35.9 Å². The molecule has 0 aliphatic carbocycles. The van der Waals surface area contributed by atoms with Gasteiger partial charge in [-0.25, -0.2) is 4.79 Å². The fraction of sp³-hybridized carbons (Fsp3) is 0.176. The zero-order valence-corrected chi connectivity index (χ0v) is 13.5. The van der Waals surface area contributed by atoms with Crippen molar-refractivity contribution < 1.29 is 19.1 Å². The molecule has 0 aliphatic heterocycles. The lowest BCUT2D eigenvalue weighted by Gasteiger charge is -2.08. The van der Waals surface area contributed by atoms with E-state index in [1.54, 1.807) is 25.1 Å². The number of nitrogens with one attached hydrogen (secondary N) is 3. The second-order valence-electron chi connectivity index (χ2n) is 4.98. The molecular formula is C17H17N3O5. The molecule has 1 aromatic heterocycles. The molecule has 1 heterocycles. The quantitative estimate of drug-likeness (QED) is 0.674. The van der Waals surface area contributed by atoms with E-state index in [4.69, 9.17) is 4.74 Å². The van der Waals surface area contributed by atoms with Crippen molar-refractivity contribution in [1.82, 2.24) is 10.3 Å². The molecule has 0 saturated carbocycles. The molecule has 0 aliphatic rings. The van der Waals surface area contributed by atoms with Gasteiger partial charge in [0.25, 0.3) is 17.4 Å². The van der Waals surface area contributed by atoms with Crippen molar-refractivity contribution in [3.8, 4) is 0 Å². The SMILES string of the molecule is CCNC(=O)c1cccc(NC(=O)COC(=O)c2ccc[nH]c2=O)c1. The number of hydrogen-bond donors (Lipinski definition) is 3. The Morgan fingerprint density at radius 3 is 2.68 bits per heavy atom. The maximum atomic E-state index is 11.9. The van der Waals surface area contributed by atoms with Gasteiger partial charge in [0.15, 0.2) is 6.61 Å². The normalized spacial score (nSPS) is 9.96. The second kappa shape index (κ2) is 8.44. The van der Waals surface area contributed by atoms with Crippen LogP contribution >= 0.6 is 0 Å². The van der Waals surface area contributed by atoms with Crippen molar-refractivity contribution in [3.63, 3.8) is 0 Å². The molecule has 8 nitrogen and oxygen atoms in total. The maximum Gasteiger partial charge on any atom is 0.344 e. The number of benzene rings is 1. The largest absolute Gasteiger partial charge is 0.452 e. The number of rotatable bonds is 6. The predicted molar refractivity (Wildman–Crippen MR) is 90.4 cm³/mol. The minimum Gasteiger partial charge on any atom is -0.452 e. The first kappa shape index (κ1) is 17.9. The van der Waals surface area contributed by atoms with E-state index < -0.39 is 24.0 Å². The molecule has 0 bridgehead atoms. The zero-order valence-electron chi connectivity index (χ0n) is 13.5. The number of amides is 2. The molecule has 2 amide bonds. The van der Waals surface area contributed by atoms with Gasteiger partial charge in [0.05, 0.1) is 0 Å². The summed E-state index contributed by atoms with van der Waals surface area (Å²) in [6.07, 6.45) is 1.38. The molecule has 130 valence electrons. The standard InChI is InChI=1S/C17H17N3O5/c1-2-18-15(22)11-5-3-6-12(9-11)20-14(21)10-25-17(24)13-7-4-8-19-16(13)23/h3-9H,2,10H2,1H3,(H,18,22)(H,19,23)(H,20,21). The van der Waals surface area contributed by atoms with Gasteiger partial charge in [-0.2, -0.15) is 0 Å². The molecule has 1 aromatic carbocycles. The van der Waals surface area contributed by atoms with E-state index in [9.17, 15) is 19.2 Å². The van der Waals surface area contributed by atoms with Gasteiger partial charge in [-0.3, -0.25) is 14.4 Å². The highest BCUT2D eigenvalue weighted by Gasteiger charge is 2.14. The Morgan fingerprint density at radius 1 is 1.16 bits per heavy atom. The molecule has 0 unspecified atom stereocenters. The fourth-order valence-electron chi connectivity index (χ4n) is 1.99. The second-order valence-corrected chi connectivity index (χ2v) is 4.98. The van der Waals surface area contributed by atoms with Crippen LogP contribution in [0.2, 0.25) is 0 Å². The number of anilines is 1. The van der Waals surface area contributed by atoms with Crippen LogP contribution in [0.15, 0.2) is 47.4 Å². The molecule has 0 spiro atoms. The van der Waals surface area contributed by atoms with E-state index >= 15 is 0 Å². The Bertz CT molecular complexity index is 844. The Kier molecular flexibility index (Phi) is 6.05. The Balaban J connectivity index is 1.93. The summed E-state index contributed by atoms with van der Waals surface area (Å²) in [4.78, 5) is 49.2. The number of aromatic nitrogens is 1. The minimum absolute atomic E-state index is 0.187. The van der Waals surface area contributed by atoms with Crippen LogP contribution in [-0.2, 0) is 9.53 Å². The van der Waals surface area contributed by atoms with Gasteiger partial charge in [-0.15, -0.1) is 0 Å². The van der Waals surface area contributed by atoms with Gasteiger partial charge in [-0.05, 0) is 37.3 Å². The summed E-state index contributed by atoms with van der Waals surface area (Å²) in [7, 11) is 0. The van der Waals surface area contributed by atoms with Crippen molar-refractivity contribution in [2.24, 2.45) is 0 Å². The first-order chi connectivity index (χ1) is 12.0. The number of carbonyl (C=O) groups excluding carboxylic acids is 3. The Hall–Kier alpha value is -3.42. The average Bonchev–Trinajstić information content (AvgIpc) is 2.60. The third-order valence-electron chi connectivity index (χ3n) is 3.12. The summed E-state index contributed by atoms with van der Waals surface area (Å²) in [5.74, 6) is -1.74. The molecule has 0 radical (unpaired) electrons. The average molecular weight is 343 g/mol. The van der Waals surface area contributed by atoms with Gasteiger partial charge >= 0.3 is 5.97 Å². The first-order valence-electron chi connectivity index (χ1n) is 7.54. The number of ether oxygens (including phenoxy) is 1. The maximum absolute atomic E-state index is 11.9. The zero-order chi connectivity index (χ0) is 18.2. The van der Waals surface area contributed by atoms with Crippen LogP contribution in [0.5, 0.6) is 0 Å². The first-order valence-corrected chi connectivity index (χ1v) is 7.54. The summed E-state index contributed by atoms with van der Waals surface area (Å²) in [6.45, 7) is 1.73. The topological polar surface area (TPSA) is 117 Å². The highest BCUT2D eigenvalue weighted by molar-refractivity contribution is 5.98. The number of hydrogen-bond acceptors (Lipinski definition) is 5. The van der Waals surface area contributed by atoms with Crippen molar-refractivity contribution in [3.05, 3.63) is 64.1 Å². The molecular weight excluding hydrogens is 326 g/mol. The monoisotopic (exact) mass is 343 g/mol. The van der Waals surface area contributed by atoms with Crippen molar-refractivity contribution in [2.75, 3.05) is 18.5 Å². The van der Waals surface area contributed by atoms with Gasteiger partial charge in [0.1, 0.15) is 5.56 Å². The van der Waals surface area contributed by atoms with Gasteiger partial charge in [-0.1, -0.05) is 6.07 Å². The van der Waals surface area contributed by atoms with E-state index in [0.29, 0.717) is 17.8 Å². The van der Waals surface area contributed by atoms with Crippen LogP contribution in [0, 0.1) is 0 Å². The number of pyridine rings is 1.